The first-order chi connectivity index (χ1) is 24.7. The average molecular weight is 642 g/mol. The summed E-state index contributed by atoms with van der Waals surface area (Å²) in [5.41, 5.74) is 10.3. The van der Waals surface area contributed by atoms with Gasteiger partial charge in [0, 0.05) is 38.7 Å². The lowest BCUT2D eigenvalue weighted by atomic mass is 9.97. The predicted molar refractivity (Wildman–Crippen MR) is 209 cm³/mol. The second kappa shape index (κ2) is 11.3. The van der Waals surface area contributed by atoms with Crippen LogP contribution in [0.3, 0.4) is 0 Å². The molecule has 3 heteroatoms. The van der Waals surface area contributed by atoms with Gasteiger partial charge in [0.1, 0.15) is 16.7 Å². The third-order valence-electron chi connectivity index (χ3n) is 10.0. The molecule has 0 N–H and O–H groups in total. The van der Waals surface area contributed by atoms with E-state index in [2.05, 4.69) is 157 Å². The molecular formula is C47H31NO2. The number of benzene rings is 8. The monoisotopic (exact) mass is 641 g/mol. The molecule has 0 spiro atoms. The smallest absolute Gasteiger partial charge is 0.208 e. The molecular weight excluding hydrogens is 611 g/mol. The third kappa shape index (κ3) is 4.52. The molecule has 0 fully saturated rings. The summed E-state index contributed by atoms with van der Waals surface area (Å²) in [6.45, 7) is 2.14. The normalized spacial score (nSPS) is 11.7. The van der Waals surface area contributed by atoms with Gasteiger partial charge in [-0.2, -0.15) is 0 Å². The van der Waals surface area contributed by atoms with Gasteiger partial charge in [-0.3, -0.25) is 4.90 Å². The summed E-state index contributed by atoms with van der Waals surface area (Å²) in [5.74, 6) is 0.806. The molecule has 0 aliphatic rings. The van der Waals surface area contributed by atoms with Crippen LogP contribution in [0.25, 0.3) is 76.7 Å². The lowest BCUT2D eigenvalue weighted by Crippen LogP contribution is -2.10. The number of aryl methyl sites for hydroxylation is 1. The Bertz CT molecular complexity index is 2890. The Labute approximate surface area is 289 Å². The second-order valence-electron chi connectivity index (χ2n) is 13.0. The van der Waals surface area contributed by atoms with Crippen LogP contribution in [0.15, 0.2) is 179 Å². The zero-order valence-electron chi connectivity index (χ0n) is 27.4. The van der Waals surface area contributed by atoms with Crippen LogP contribution in [0.4, 0.5) is 17.3 Å². The van der Waals surface area contributed by atoms with E-state index in [1.165, 1.54) is 27.1 Å². The van der Waals surface area contributed by atoms with Crippen LogP contribution in [0.2, 0.25) is 0 Å². The fourth-order valence-corrected chi connectivity index (χ4v) is 7.53. The summed E-state index contributed by atoms with van der Waals surface area (Å²) in [4.78, 5) is 2.24. The zero-order valence-corrected chi connectivity index (χ0v) is 27.4. The van der Waals surface area contributed by atoms with Gasteiger partial charge in [-0.1, -0.05) is 127 Å². The maximum absolute atomic E-state index is 6.64. The highest BCUT2D eigenvalue weighted by Crippen LogP contribution is 2.43. The van der Waals surface area contributed by atoms with E-state index in [0.717, 1.165) is 72.4 Å². The molecule has 0 saturated heterocycles. The van der Waals surface area contributed by atoms with Crippen LogP contribution in [-0.2, 0) is 0 Å². The standard InChI is InChI=1S/C47H31NO2/c1-30-38-13-4-6-18-44(38)50-47(30)48(36-26-24-32(25-27-36)40-16-9-17-42-41-15-5-7-19-45(41)49-46(40)42)37-12-8-11-34(28-37)35-23-22-33-21-20-31-10-2-3-14-39(31)43(33)29-35/h2-29H,1H3. The van der Waals surface area contributed by atoms with Crippen molar-refractivity contribution < 1.29 is 8.83 Å². The number of furan rings is 2. The van der Waals surface area contributed by atoms with Gasteiger partial charge < -0.3 is 8.83 Å². The van der Waals surface area contributed by atoms with Crippen LogP contribution in [0.1, 0.15) is 5.56 Å². The zero-order chi connectivity index (χ0) is 33.2. The van der Waals surface area contributed by atoms with Crippen molar-refractivity contribution in [2.24, 2.45) is 0 Å². The highest BCUT2D eigenvalue weighted by atomic mass is 16.4. The SMILES string of the molecule is Cc1c(N(c2ccc(-c3cccc4c3oc3ccccc34)cc2)c2cccc(-c3ccc4ccc5ccccc5c4c3)c2)oc2ccccc12. The number of hydrogen-bond donors (Lipinski definition) is 0. The van der Waals surface area contributed by atoms with Crippen molar-refractivity contribution in [3.63, 3.8) is 0 Å². The van der Waals surface area contributed by atoms with Crippen molar-refractivity contribution >= 4 is 71.7 Å². The topological polar surface area (TPSA) is 29.5 Å². The first kappa shape index (κ1) is 28.4. The minimum atomic E-state index is 0.806. The van der Waals surface area contributed by atoms with Crippen LogP contribution < -0.4 is 4.90 Å². The summed E-state index contributed by atoms with van der Waals surface area (Å²) in [7, 11) is 0. The molecule has 0 aliphatic heterocycles. The molecule has 0 bridgehead atoms. The Kier molecular flexibility index (Phi) is 6.40. The average Bonchev–Trinajstić information content (AvgIpc) is 3.72. The Morgan fingerprint density at radius 1 is 0.400 bits per heavy atom. The summed E-state index contributed by atoms with van der Waals surface area (Å²) in [6.07, 6.45) is 0. The van der Waals surface area contributed by atoms with Crippen LogP contribution >= 0.6 is 0 Å². The molecule has 0 unspecified atom stereocenters. The van der Waals surface area contributed by atoms with Gasteiger partial charge in [0.2, 0.25) is 5.88 Å². The highest BCUT2D eigenvalue weighted by Gasteiger charge is 2.22. The first-order valence-corrected chi connectivity index (χ1v) is 17.0. The summed E-state index contributed by atoms with van der Waals surface area (Å²) in [5, 5.41) is 8.37. The van der Waals surface area contributed by atoms with E-state index in [0.29, 0.717) is 0 Å². The van der Waals surface area contributed by atoms with Gasteiger partial charge in [-0.15, -0.1) is 0 Å². The van der Waals surface area contributed by atoms with Crippen molar-refractivity contribution in [2.75, 3.05) is 4.90 Å². The molecule has 0 radical (unpaired) electrons. The molecule has 50 heavy (non-hydrogen) atoms. The second-order valence-corrected chi connectivity index (χ2v) is 13.0. The summed E-state index contributed by atoms with van der Waals surface area (Å²) < 4.78 is 13.0. The van der Waals surface area contributed by atoms with Crippen LogP contribution in [0, 0.1) is 6.92 Å². The van der Waals surface area contributed by atoms with E-state index >= 15 is 0 Å². The number of fused-ring (bicyclic) bond motifs is 7. The van der Waals surface area contributed by atoms with E-state index in [1.54, 1.807) is 0 Å². The van der Waals surface area contributed by atoms with Crippen molar-refractivity contribution in [1.82, 2.24) is 0 Å². The number of rotatable bonds is 5. The first-order valence-electron chi connectivity index (χ1n) is 17.0. The molecule has 3 nitrogen and oxygen atoms in total. The van der Waals surface area contributed by atoms with E-state index in [9.17, 15) is 0 Å². The predicted octanol–water partition coefficient (Wildman–Crippen LogP) is 13.8. The van der Waals surface area contributed by atoms with Gasteiger partial charge >= 0.3 is 0 Å². The van der Waals surface area contributed by atoms with Crippen molar-refractivity contribution in [3.8, 4) is 22.3 Å². The molecule has 8 aromatic carbocycles. The molecule has 10 aromatic rings. The van der Waals surface area contributed by atoms with Gasteiger partial charge in [-0.25, -0.2) is 0 Å². The molecule has 0 aliphatic carbocycles. The molecule has 0 atom stereocenters. The maximum atomic E-state index is 6.64. The van der Waals surface area contributed by atoms with Crippen molar-refractivity contribution in [3.05, 3.63) is 175 Å². The van der Waals surface area contributed by atoms with Crippen LogP contribution in [0.5, 0.6) is 0 Å². The van der Waals surface area contributed by atoms with Gasteiger partial charge in [0.05, 0.1) is 0 Å². The largest absolute Gasteiger partial charge is 0.455 e. The Morgan fingerprint density at radius 3 is 1.84 bits per heavy atom. The molecule has 2 heterocycles. The number of hydrogen-bond acceptors (Lipinski definition) is 3. The molecule has 10 rings (SSSR count). The summed E-state index contributed by atoms with van der Waals surface area (Å²) >= 11 is 0. The van der Waals surface area contributed by atoms with Crippen LogP contribution in [-0.4, -0.2) is 0 Å². The molecule has 236 valence electrons. The highest BCUT2D eigenvalue weighted by molar-refractivity contribution is 6.10. The van der Waals surface area contributed by atoms with Gasteiger partial charge in [0.25, 0.3) is 0 Å². The van der Waals surface area contributed by atoms with Crippen molar-refractivity contribution in [2.45, 2.75) is 6.92 Å². The van der Waals surface area contributed by atoms with Gasteiger partial charge in [-0.05, 0) is 87.6 Å². The lowest BCUT2D eigenvalue weighted by Gasteiger charge is -2.24. The van der Waals surface area contributed by atoms with Crippen molar-refractivity contribution in [1.29, 1.82) is 0 Å². The third-order valence-corrected chi connectivity index (χ3v) is 10.0. The fourth-order valence-electron chi connectivity index (χ4n) is 7.53. The Balaban J connectivity index is 1.11. The number of para-hydroxylation sites is 3. The molecule has 0 amide bonds. The molecule has 2 aromatic heterocycles. The van der Waals surface area contributed by atoms with E-state index in [1.807, 2.05) is 24.3 Å². The minimum absolute atomic E-state index is 0.806. The van der Waals surface area contributed by atoms with E-state index in [-0.39, 0.29) is 0 Å². The quantitative estimate of drug-likeness (QED) is 0.175. The van der Waals surface area contributed by atoms with E-state index in [4.69, 9.17) is 8.83 Å². The lowest BCUT2D eigenvalue weighted by molar-refractivity contribution is 0.618. The minimum Gasteiger partial charge on any atom is -0.455 e. The number of nitrogens with zero attached hydrogens (tertiary/aromatic N) is 1. The molecule has 0 saturated carbocycles. The maximum Gasteiger partial charge on any atom is 0.208 e. The van der Waals surface area contributed by atoms with Gasteiger partial charge in [0.15, 0.2) is 0 Å². The Hall–Kier alpha value is -6.58. The Morgan fingerprint density at radius 2 is 1.02 bits per heavy atom. The number of anilines is 3. The van der Waals surface area contributed by atoms with E-state index < -0.39 is 0 Å². The fraction of sp³-hybridized carbons (Fsp3) is 0.0213. The summed E-state index contributed by atoms with van der Waals surface area (Å²) in [6, 6.07) is 60.1.